The molecule has 7 heteroatoms. The van der Waals surface area contributed by atoms with E-state index in [9.17, 15) is 4.79 Å². The molecule has 2 heterocycles. The van der Waals surface area contributed by atoms with Crippen molar-refractivity contribution in [3.8, 4) is 11.8 Å². The van der Waals surface area contributed by atoms with Gasteiger partial charge in [0.05, 0.1) is 5.52 Å². The van der Waals surface area contributed by atoms with Crippen LogP contribution in [0.5, 0.6) is 11.8 Å². The Bertz CT molecular complexity index is 791. The molecule has 0 spiro atoms. The molecular weight excluding hydrogens is 260 g/mol. The maximum absolute atomic E-state index is 11.0. The van der Waals surface area contributed by atoms with Crippen LogP contribution < -0.4 is 4.74 Å². The number of carboxylic acids is 1. The summed E-state index contributed by atoms with van der Waals surface area (Å²) in [4.78, 5) is 18.9. The van der Waals surface area contributed by atoms with E-state index in [1.807, 2.05) is 12.1 Å². The van der Waals surface area contributed by atoms with Gasteiger partial charge in [-0.3, -0.25) is 0 Å². The molecule has 3 aromatic rings. The quantitative estimate of drug-likeness (QED) is 0.774. The predicted octanol–water partition coefficient (Wildman–Crippen LogP) is 1.91. The number of pyridine rings is 1. The average molecular weight is 268 g/mol. The van der Waals surface area contributed by atoms with Gasteiger partial charge in [-0.05, 0) is 24.3 Å². The molecule has 0 atom stereocenters. The first-order chi connectivity index (χ1) is 9.74. The van der Waals surface area contributed by atoms with Crippen LogP contribution in [0.2, 0.25) is 0 Å². The zero-order valence-electron chi connectivity index (χ0n) is 10.1. The number of nitrogens with zero attached hydrogens (tertiary/aromatic N) is 4. The number of aromatic carboxylic acids is 1. The van der Waals surface area contributed by atoms with E-state index in [0.29, 0.717) is 11.0 Å². The van der Waals surface area contributed by atoms with Gasteiger partial charge in [0.1, 0.15) is 5.52 Å². The lowest BCUT2D eigenvalue weighted by Crippen LogP contribution is -2.04. The van der Waals surface area contributed by atoms with Crippen LogP contribution in [0.1, 0.15) is 10.5 Å². The number of fused-ring (bicyclic) bond motifs is 1. The van der Waals surface area contributed by atoms with Crippen molar-refractivity contribution in [1.82, 2.24) is 20.2 Å². The third kappa shape index (κ3) is 2.24. The van der Waals surface area contributed by atoms with Crippen molar-refractivity contribution in [2.24, 2.45) is 0 Å². The normalized spacial score (nSPS) is 10.4. The van der Waals surface area contributed by atoms with Crippen LogP contribution in [-0.4, -0.2) is 31.2 Å². The second-order valence-corrected chi connectivity index (χ2v) is 3.84. The van der Waals surface area contributed by atoms with E-state index in [4.69, 9.17) is 9.84 Å². The molecule has 20 heavy (non-hydrogen) atoms. The molecule has 0 saturated carbocycles. The van der Waals surface area contributed by atoms with E-state index in [-0.39, 0.29) is 17.5 Å². The maximum atomic E-state index is 11.0. The molecule has 3 rings (SSSR count). The Labute approximate surface area is 112 Å². The van der Waals surface area contributed by atoms with Crippen LogP contribution in [0.4, 0.5) is 0 Å². The molecule has 0 aliphatic carbocycles. The minimum Gasteiger partial charge on any atom is -0.476 e. The number of benzene rings is 1. The van der Waals surface area contributed by atoms with Crippen LogP contribution in [0.25, 0.3) is 11.0 Å². The summed E-state index contributed by atoms with van der Waals surface area (Å²) in [5.74, 6) is -1.12. The largest absolute Gasteiger partial charge is 0.476 e. The predicted molar refractivity (Wildman–Crippen MR) is 68.6 cm³/mol. The Kier molecular flexibility index (Phi) is 2.92. The van der Waals surface area contributed by atoms with Gasteiger partial charge in [0.2, 0.25) is 0 Å². The van der Waals surface area contributed by atoms with Crippen LogP contribution in [0.15, 0.2) is 42.6 Å². The van der Waals surface area contributed by atoms with Crippen LogP contribution in [0.3, 0.4) is 0 Å². The Hall–Kier alpha value is -3.09. The number of carbonyl (C=O) groups is 1. The van der Waals surface area contributed by atoms with Gasteiger partial charge in [0.15, 0.2) is 11.4 Å². The van der Waals surface area contributed by atoms with Gasteiger partial charge in [-0.25, -0.2) is 9.78 Å². The Morgan fingerprint density at radius 1 is 1.05 bits per heavy atom. The van der Waals surface area contributed by atoms with Gasteiger partial charge in [-0.15, -0.1) is 5.10 Å². The highest BCUT2D eigenvalue weighted by Gasteiger charge is 2.14. The first kappa shape index (κ1) is 12.0. The van der Waals surface area contributed by atoms with Gasteiger partial charge >= 0.3 is 12.0 Å². The van der Waals surface area contributed by atoms with Gasteiger partial charge in [-0.2, -0.15) is 4.98 Å². The van der Waals surface area contributed by atoms with Crippen molar-refractivity contribution in [2.45, 2.75) is 0 Å². The molecule has 0 aliphatic rings. The molecule has 7 nitrogen and oxygen atoms in total. The van der Waals surface area contributed by atoms with Gasteiger partial charge in [0.25, 0.3) is 0 Å². The molecule has 0 fully saturated rings. The Morgan fingerprint density at radius 3 is 2.65 bits per heavy atom. The Morgan fingerprint density at radius 2 is 1.85 bits per heavy atom. The fraction of sp³-hybridized carbons (Fsp3) is 0. The van der Waals surface area contributed by atoms with Crippen molar-refractivity contribution < 1.29 is 14.6 Å². The second kappa shape index (κ2) is 4.88. The smallest absolute Gasteiger partial charge is 0.358 e. The SMILES string of the molecule is O=C(O)c1ncccc1Oc1nnc2ccccc2n1. The summed E-state index contributed by atoms with van der Waals surface area (Å²) in [5.41, 5.74) is 1.03. The minimum absolute atomic E-state index is 0.0285. The lowest BCUT2D eigenvalue weighted by molar-refractivity contribution is 0.0687. The Balaban J connectivity index is 1.99. The highest BCUT2D eigenvalue weighted by Crippen LogP contribution is 2.21. The zero-order valence-corrected chi connectivity index (χ0v) is 10.1. The second-order valence-electron chi connectivity index (χ2n) is 3.84. The summed E-state index contributed by atoms with van der Waals surface area (Å²) in [6, 6.07) is 10.2. The highest BCUT2D eigenvalue weighted by molar-refractivity contribution is 5.88. The fourth-order valence-electron chi connectivity index (χ4n) is 1.64. The summed E-state index contributed by atoms with van der Waals surface area (Å²) in [5, 5.41) is 16.8. The van der Waals surface area contributed by atoms with Crippen molar-refractivity contribution in [3.63, 3.8) is 0 Å². The van der Waals surface area contributed by atoms with Crippen molar-refractivity contribution in [3.05, 3.63) is 48.3 Å². The minimum atomic E-state index is -1.19. The van der Waals surface area contributed by atoms with E-state index in [1.165, 1.54) is 12.3 Å². The van der Waals surface area contributed by atoms with Crippen LogP contribution in [-0.2, 0) is 0 Å². The van der Waals surface area contributed by atoms with E-state index in [0.717, 1.165) is 0 Å². The number of carboxylic acid groups (broad SMARTS) is 1. The number of hydrogen-bond acceptors (Lipinski definition) is 6. The number of aromatic nitrogens is 4. The first-order valence-corrected chi connectivity index (χ1v) is 5.69. The molecule has 1 aromatic carbocycles. The molecular formula is C13H8N4O3. The summed E-state index contributed by atoms with van der Waals surface area (Å²) in [7, 11) is 0. The molecule has 0 unspecified atom stereocenters. The number of rotatable bonds is 3. The van der Waals surface area contributed by atoms with Crippen LogP contribution in [0, 0.1) is 0 Å². The summed E-state index contributed by atoms with van der Waals surface area (Å²) >= 11 is 0. The molecule has 0 bridgehead atoms. The summed E-state index contributed by atoms with van der Waals surface area (Å²) < 4.78 is 5.35. The third-order valence-corrected chi connectivity index (χ3v) is 2.52. The van der Waals surface area contributed by atoms with E-state index in [2.05, 4.69) is 20.2 Å². The number of para-hydroxylation sites is 1. The average Bonchev–Trinajstić information content (AvgIpc) is 2.47. The monoisotopic (exact) mass is 268 g/mol. The lowest BCUT2D eigenvalue weighted by atomic mass is 10.3. The topological polar surface area (TPSA) is 98.1 Å². The zero-order chi connectivity index (χ0) is 13.9. The molecule has 98 valence electrons. The van der Waals surface area contributed by atoms with E-state index < -0.39 is 5.97 Å². The van der Waals surface area contributed by atoms with Crippen molar-refractivity contribution in [2.75, 3.05) is 0 Å². The first-order valence-electron chi connectivity index (χ1n) is 5.69. The number of ether oxygens (including phenoxy) is 1. The van der Waals surface area contributed by atoms with E-state index in [1.54, 1.807) is 18.2 Å². The molecule has 2 aromatic heterocycles. The standard InChI is InChI=1S/C13H8N4O3/c18-12(19)11-10(6-3-7-14-11)20-13-15-8-4-1-2-5-9(8)16-17-13/h1-7H,(H,18,19). The lowest BCUT2D eigenvalue weighted by Gasteiger charge is -2.05. The molecule has 0 radical (unpaired) electrons. The summed E-state index contributed by atoms with van der Waals surface area (Å²) in [6.07, 6.45) is 1.37. The van der Waals surface area contributed by atoms with Crippen molar-refractivity contribution in [1.29, 1.82) is 0 Å². The van der Waals surface area contributed by atoms with Gasteiger partial charge < -0.3 is 9.84 Å². The van der Waals surface area contributed by atoms with Crippen LogP contribution >= 0.6 is 0 Å². The van der Waals surface area contributed by atoms with E-state index >= 15 is 0 Å². The summed E-state index contributed by atoms with van der Waals surface area (Å²) in [6.45, 7) is 0. The van der Waals surface area contributed by atoms with Crippen molar-refractivity contribution >= 4 is 17.0 Å². The fourth-order valence-corrected chi connectivity index (χ4v) is 1.64. The highest BCUT2D eigenvalue weighted by atomic mass is 16.5. The van der Waals surface area contributed by atoms with Gasteiger partial charge in [0, 0.05) is 6.20 Å². The maximum Gasteiger partial charge on any atom is 0.358 e. The number of hydrogen-bond donors (Lipinski definition) is 1. The third-order valence-electron chi connectivity index (χ3n) is 2.52. The molecule has 0 aliphatic heterocycles. The molecule has 1 N–H and O–H groups in total. The molecule has 0 amide bonds. The van der Waals surface area contributed by atoms with Gasteiger partial charge in [-0.1, -0.05) is 17.2 Å². The molecule has 0 saturated heterocycles.